The number of amides is 1. The number of hydrogen-bond acceptors (Lipinski definition) is 5. The summed E-state index contributed by atoms with van der Waals surface area (Å²) in [6.45, 7) is 3.99. The van der Waals surface area contributed by atoms with Gasteiger partial charge in [-0.15, -0.1) is 10.2 Å². The van der Waals surface area contributed by atoms with Crippen molar-refractivity contribution in [3.63, 3.8) is 0 Å². The molecule has 1 fully saturated rings. The van der Waals surface area contributed by atoms with E-state index in [1.165, 1.54) is 43.9 Å². The summed E-state index contributed by atoms with van der Waals surface area (Å²) in [7, 11) is 0. The van der Waals surface area contributed by atoms with Crippen molar-refractivity contribution in [1.82, 2.24) is 14.9 Å². The summed E-state index contributed by atoms with van der Waals surface area (Å²) in [6, 6.07) is 6.02. The summed E-state index contributed by atoms with van der Waals surface area (Å²) in [5.74, 6) is 7.92. The second kappa shape index (κ2) is 9.26. The normalized spacial score (nSPS) is 15.0. The highest BCUT2D eigenvalue weighted by Crippen LogP contribution is 2.27. The molecular weight excluding hydrogens is 358 g/mol. The molecule has 0 atom stereocenters. The Morgan fingerprint density at radius 3 is 2.81 bits per heavy atom. The molecule has 3 rings (SSSR count). The molecule has 1 aromatic carbocycles. The molecule has 6 nitrogen and oxygen atoms in total. The molecule has 27 heavy (non-hydrogen) atoms. The lowest BCUT2D eigenvalue weighted by Gasteiger charge is -2.20. The Morgan fingerprint density at radius 2 is 2.04 bits per heavy atom. The average Bonchev–Trinajstić information content (AvgIpc) is 3.02. The molecule has 3 N–H and O–H groups in total. The first kappa shape index (κ1) is 19.7. The summed E-state index contributed by atoms with van der Waals surface area (Å²) in [6.07, 6.45) is 8.66. The molecule has 1 heterocycles. The second-order valence-electron chi connectivity index (χ2n) is 7.47. The van der Waals surface area contributed by atoms with Gasteiger partial charge in [0.15, 0.2) is 5.82 Å². The number of anilines is 1. The van der Waals surface area contributed by atoms with Crippen LogP contribution in [0.3, 0.4) is 0 Å². The lowest BCUT2D eigenvalue weighted by Crippen LogP contribution is -2.18. The second-order valence-corrected chi connectivity index (χ2v) is 8.41. The first-order valence-electron chi connectivity index (χ1n) is 9.72. The third-order valence-corrected chi connectivity index (χ3v) is 6.18. The van der Waals surface area contributed by atoms with Crippen molar-refractivity contribution in [2.45, 2.75) is 63.9 Å². The summed E-state index contributed by atoms with van der Waals surface area (Å²) in [4.78, 5) is 12.3. The number of rotatable bonds is 7. The van der Waals surface area contributed by atoms with E-state index in [1.54, 1.807) is 4.68 Å². The zero-order chi connectivity index (χ0) is 19.2. The highest BCUT2D eigenvalue weighted by Gasteiger charge is 2.17. The molecule has 0 aliphatic heterocycles. The van der Waals surface area contributed by atoms with Crippen LogP contribution in [0.5, 0.6) is 0 Å². The van der Waals surface area contributed by atoms with Crippen LogP contribution < -0.4 is 11.2 Å². The predicted molar refractivity (Wildman–Crippen MR) is 110 cm³/mol. The minimum atomic E-state index is -0.0690. The smallest absolute Gasteiger partial charge is 0.234 e. The molecule has 0 spiro atoms. The van der Waals surface area contributed by atoms with Gasteiger partial charge >= 0.3 is 0 Å². The fraction of sp³-hybridized carbons (Fsp3) is 0.550. The SMILES string of the molecule is Cc1ccc(C)c(NC(=O)CSc2nnc(CCC3CCCCC3)n2N)c1. The molecule has 7 heteroatoms. The van der Waals surface area contributed by atoms with Crippen LogP contribution in [0.1, 0.15) is 55.5 Å². The van der Waals surface area contributed by atoms with E-state index in [0.29, 0.717) is 5.16 Å². The van der Waals surface area contributed by atoms with Gasteiger partial charge < -0.3 is 11.2 Å². The number of benzene rings is 1. The van der Waals surface area contributed by atoms with E-state index < -0.39 is 0 Å². The van der Waals surface area contributed by atoms with E-state index in [1.807, 2.05) is 32.0 Å². The van der Waals surface area contributed by atoms with E-state index in [2.05, 4.69) is 15.5 Å². The molecule has 0 saturated heterocycles. The number of carbonyl (C=O) groups is 1. The van der Waals surface area contributed by atoms with Crippen molar-refractivity contribution in [2.24, 2.45) is 5.92 Å². The van der Waals surface area contributed by atoms with Gasteiger partial charge in [0.25, 0.3) is 0 Å². The largest absolute Gasteiger partial charge is 0.336 e. The fourth-order valence-corrected chi connectivity index (χ4v) is 4.25. The number of aromatic nitrogens is 3. The lowest BCUT2D eigenvalue weighted by molar-refractivity contribution is -0.113. The number of nitrogens with one attached hydrogen (secondary N) is 1. The Hall–Kier alpha value is -2.02. The quantitative estimate of drug-likeness (QED) is 0.557. The lowest BCUT2D eigenvalue weighted by atomic mass is 9.86. The molecule has 1 aliphatic carbocycles. The van der Waals surface area contributed by atoms with Crippen LogP contribution in [-0.4, -0.2) is 26.5 Å². The summed E-state index contributed by atoms with van der Waals surface area (Å²) in [5.41, 5.74) is 3.02. The minimum Gasteiger partial charge on any atom is -0.336 e. The van der Waals surface area contributed by atoms with Gasteiger partial charge in [0.1, 0.15) is 0 Å². The van der Waals surface area contributed by atoms with Gasteiger partial charge in [-0.2, -0.15) is 0 Å². The van der Waals surface area contributed by atoms with Crippen molar-refractivity contribution < 1.29 is 4.79 Å². The molecule has 0 bridgehead atoms. The topological polar surface area (TPSA) is 85.8 Å². The maximum Gasteiger partial charge on any atom is 0.234 e. The predicted octanol–water partition coefficient (Wildman–Crippen LogP) is 3.85. The number of nitrogens with two attached hydrogens (primary N) is 1. The van der Waals surface area contributed by atoms with Crippen molar-refractivity contribution in [3.8, 4) is 0 Å². The van der Waals surface area contributed by atoms with Crippen LogP contribution in [-0.2, 0) is 11.2 Å². The van der Waals surface area contributed by atoms with Gasteiger partial charge in [0.2, 0.25) is 11.1 Å². The minimum absolute atomic E-state index is 0.0690. The molecule has 1 amide bonds. The molecule has 1 saturated carbocycles. The van der Waals surface area contributed by atoms with E-state index >= 15 is 0 Å². The standard InChI is InChI=1S/C20H29N5OS/c1-14-8-9-15(2)17(12-14)22-19(26)13-27-20-24-23-18(25(20)21)11-10-16-6-4-3-5-7-16/h8-9,12,16H,3-7,10-11,13,21H2,1-2H3,(H,22,26). The van der Waals surface area contributed by atoms with Crippen molar-refractivity contribution in [3.05, 3.63) is 35.2 Å². The molecule has 2 aromatic rings. The van der Waals surface area contributed by atoms with E-state index in [9.17, 15) is 4.79 Å². The van der Waals surface area contributed by atoms with Crippen molar-refractivity contribution >= 4 is 23.4 Å². The first-order valence-corrected chi connectivity index (χ1v) is 10.7. The highest BCUT2D eigenvalue weighted by atomic mass is 32.2. The summed E-state index contributed by atoms with van der Waals surface area (Å²) in [5, 5.41) is 11.9. The maximum absolute atomic E-state index is 12.3. The first-order chi connectivity index (χ1) is 13.0. The van der Waals surface area contributed by atoms with Gasteiger partial charge in [-0.1, -0.05) is 56.0 Å². The van der Waals surface area contributed by atoms with Crippen molar-refractivity contribution in [2.75, 3.05) is 16.9 Å². The number of hydrogen-bond donors (Lipinski definition) is 2. The van der Waals surface area contributed by atoms with Crippen LogP contribution in [0.25, 0.3) is 0 Å². The van der Waals surface area contributed by atoms with Gasteiger partial charge in [-0.05, 0) is 43.4 Å². The van der Waals surface area contributed by atoms with Gasteiger partial charge in [0, 0.05) is 12.1 Å². The Bertz CT molecular complexity index is 783. The summed E-state index contributed by atoms with van der Waals surface area (Å²) >= 11 is 1.32. The van der Waals surface area contributed by atoms with E-state index in [-0.39, 0.29) is 11.7 Å². The van der Waals surface area contributed by atoms with Crippen LogP contribution in [0, 0.1) is 19.8 Å². The molecule has 0 radical (unpaired) electrons. The molecule has 1 aliphatic rings. The Balaban J connectivity index is 1.49. The van der Waals surface area contributed by atoms with Crippen LogP contribution in [0.4, 0.5) is 5.69 Å². The maximum atomic E-state index is 12.3. The zero-order valence-corrected chi connectivity index (χ0v) is 17.0. The van der Waals surface area contributed by atoms with Crippen LogP contribution in [0.2, 0.25) is 0 Å². The molecule has 0 unspecified atom stereocenters. The Kier molecular flexibility index (Phi) is 6.77. The monoisotopic (exact) mass is 387 g/mol. The van der Waals surface area contributed by atoms with Gasteiger partial charge in [-0.25, -0.2) is 4.68 Å². The average molecular weight is 388 g/mol. The van der Waals surface area contributed by atoms with Gasteiger partial charge in [0.05, 0.1) is 5.75 Å². The third-order valence-electron chi connectivity index (χ3n) is 5.24. The highest BCUT2D eigenvalue weighted by molar-refractivity contribution is 7.99. The number of nitrogens with zero attached hydrogens (tertiary/aromatic N) is 3. The number of carbonyl (C=O) groups excluding carboxylic acids is 1. The van der Waals surface area contributed by atoms with Gasteiger partial charge in [-0.3, -0.25) is 4.79 Å². The summed E-state index contributed by atoms with van der Waals surface area (Å²) < 4.78 is 1.54. The zero-order valence-electron chi connectivity index (χ0n) is 16.2. The molecule has 146 valence electrons. The number of thioether (sulfide) groups is 1. The van der Waals surface area contributed by atoms with E-state index in [0.717, 1.165) is 41.4 Å². The molecular formula is C20H29N5OS. The Morgan fingerprint density at radius 1 is 1.26 bits per heavy atom. The van der Waals surface area contributed by atoms with Crippen molar-refractivity contribution in [1.29, 1.82) is 0 Å². The van der Waals surface area contributed by atoms with Crippen LogP contribution >= 0.6 is 11.8 Å². The van der Waals surface area contributed by atoms with E-state index in [4.69, 9.17) is 5.84 Å². The van der Waals surface area contributed by atoms with Crippen LogP contribution in [0.15, 0.2) is 23.4 Å². The molecule has 1 aromatic heterocycles. The number of nitrogen functional groups attached to an aromatic ring is 1. The Labute approximate surface area is 165 Å². The third kappa shape index (κ3) is 5.48. The number of aryl methyl sites for hydroxylation is 3. The fourth-order valence-electron chi connectivity index (χ4n) is 3.57.